The summed E-state index contributed by atoms with van der Waals surface area (Å²) in [6.45, 7) is -0.0740. The second-order valence-corrected chi connectivity index (χ2v) is 6.71. The molecule has 0 fully saturated rings. The quantitative estimate of drug-likeness (QED) is 0.637. The highest BCUT2D eigenvalue weighted by atomic mass is 16.5. The molecule has 1 atom stereocenters. The lowest BCUT2D eigenvalue weighted by molar-refractivity contribution is -0.160. The van der Waals surface area contributed by atoms with E-state index in [2.05, 4.69) is 5.10 Å². The summed E-state index contributed by atoms with van der Waals surface area (Å²) >= 11 is 0. The molecule has 0 aliphatic rings. The average Bonchev–Trinajstić information content (AvgIpc) is 2.73. The van der Waals surface area contributed by atoms with Crippen LogP contribution in [0.1, 0.15) is 18.1 Å². The molecule has 8 heteroatoms. The monoisotopic (exact) mass is 395 g/mol. The maximum atomic E-state index is 12.5. The number of carbonyl (C=O) groups is 2. The zero-order valence-corrected chi connectivity index (χ0v) is 16.1. The minimum Gasteiger partial charge on any atom is -0.447 e. The highest BCUT2D eigenvalue weighted by molar-refractivity contribution is 5.84. The number of esters is 1. The number of fused-ring (bicyclic) bond motifs is 1. The van der Waals surface area contributed by atoms with E-state index in [1.807, 2.05) is 0 Å². The number of hydrogen-bond acceptors (Lipinski definition) is 5. The van der Waals surface area contributed by atoms with Crippen LogP contribution in [0.2, 0.25) is 0 Å². The highest BCUT2D eigenvalue weighted by Crippen LogP contribution is 2.20. The van der Waals surface area contributed by atoms with E-state index in [1.54, 1.807) is 68.7 Å². The van der Waals surface area contributed by atoms with Crippen LogP contribution in [0.25, 0.3) is 10.8 Å². The number of hydrogen-bond donors (Lipinski definition) is 1. The van der Waals surface area contributed by atoms with Gasteiger partial charge in [-0.2, -0.15) is 0 Å². The van der Waals surface area contributed by atoms with E-state index in [0.29, 0.717) is 5.56 Å². The van der Waals surface area contributed by atoms with Crippen molar-refractivity contribution in [2.75, 3.05) is 14.1 Å². The van der Waals surface area contributed by atoms with Gasteiger partial charge in [-0.05, 0) is 12.1 Å². The number of benzene rings is 2. The fraction of sp³-hybridized carbons (Fsp3) is 0.238. The first-order chi connectivity index (χ1) is 13.9. The minimum absolute atomic E-state index is 0.0740. The predicted molar refractivity (Wildman–Crippen MR) is 107 cm³/mol. The van der Waals surface area contributed by atoms with Crippen LogP contribution in [0.4, 0.5) is 0 Å². The van der Waals surface area contributed by atoms with Gasteiger partial charge in [0.25, 0.3) is 17.0 Å². The lowest BCUT2D eigenvalue weighted by Crippen LogP contribution is -2.33. The molecule has 0 aliphatic carbocycles. The van der Waals surface area contributed by atoms with Crippen molar-refractivity contribution in [2.24, 2.45) is 0 Å². The Bertz CT molecular complexity index is 1150. The first-order valence-corrected chi connectivity index (χ1v) is 9.06. The fourth-order valence-electron chi connectivity index (χ4n) is 2.92. The molecule has 3 aromatic rings. The molecule has 0 aliphatic heterocycles. The van der Waals surface area contributed by atoms with Crippen molar-refractivity contribution in [2.45, 2.75) is 19.1 Å². The molecule has 0 saturated carbocycles. The molecule has 0 unspecified atom stereocenters. The van der Waals surface area contributed by atoms with E-state index in [1.165, 1.54) is 4.90 Å². The topological polar surface area (TPSA) is 101 Å². The van der Waals surface area contributed by atoms with Gasteiger partial charge in [-0.1, -0.05) is 42.5 Å². The summed E-state index contributed by atoms with van der Waals surface area (Å²) in [5, 5.41) is 3.03. The molecule has 8 nitrogen and oxygen atoms in total. The Morgan fingerprint density at radius 2 is 1.62 bits per heavy atom. The lowest BCUT2D eigenvalue weighted by Gasteiger charge is -2.21. The third kappa shape index (κ3) is 4.43. The molecule has 1 N–H and O–H groups in total. The van der Waals surface area contributed by atoms with Gasteiger partial charge in [0, 0.05) is 19.7 Å². The summed E-state index contributed by atoms with van der Waals surface area (Å²) in [4.78, 5) is 50.8. The zero-order chi connectivity index (χ0) is 21.0. The predicted octanol–water partition coefficient (Wildman–Crippen LogP) is 1.45. The van der Waals surface area contributed by atoms with E-state index >= 15 is 0 Å². The van der Waals surface area contributed by atoms with Crippen LogP contribution in [0.15, 0.2) is 64.2 Å². The van der Waals surface area contributed by atoms with E-state index in [4.69, 9.17) is 4.74 Å². The van der Waals surface area contributed by atoms with Crippen molar-refractivity contribution in [1.82, 2.24) is 14.7 Å². The van der Waals surface area contributed by atoms with Crippen LogP contribution in [-0.4, -0.2) is 40.7 Å². The number of amides is 1. The second-order valence-electron chi connectivity index (χ2n) is 6.71. The molecule has 29 heavy (non-hydrogen) atoms. The third-order valence-electron chi connectivity index (χ3n) is 4.44. The van der Waals surface area contributed by atoms with Crippen LogP contribution in [0, 0.1) is 0 Å². The SMILES string of the molecule is CN(C)C(=O)[C@H](OC(=O)CCn1[nH]c(=O)c2ccccc2c1=O)c1ccccc1. The average molecular weight is 395 g/mol. The molecule has 2 aromatic carbocycles. The third-order valence-corrected chi connectivity index (χ3v) is 4.44. The van der Waals surface area contributed by atoms with Gasteiger partial charge < -0.3 is 9.64 Å². The van der Waals surface area contributed by atoms with E-state index < -0.39 is 23.2 Å². The summed E-state index contributed by atoms with van der Waals surface area (Å²) < 4.78 is 6.48. The van der Waals surface area contributed by atoms with E-state index in [9.17, 15) is 19.2 Å². The number of aromatic amines is 1. The number of aryl methyl sites for hydroxylation is 1. The molecule has 0 bridgehead atoms. The van der Waals surface area contributed by atoms with Gasteiger partial charge in [0.2, 0.25) is 6.10 Å². The molecule has 3 rings (SSSR count). The summed E-state index contributed by atoms with van der Waals surface area (Å²) in [6, 6.07) is 15.1. The lowest BCUT2D eigenvalue weighted by atomic mass is 10.1. The van der Waals surface area contributed by atoms with Gasteiger partial charge in [-0.25, -0.2) is 4.68 Å². The van der Waals surface area contributed by atoms with Gasteiger partial charge >= 0.3 is 5.97 Å². The Balaban J connectivity index is 1.77. The van der Waals surface area contributed by atoms with Gasteiger partial charge in [0.05, 0.1) is 23.7 Å². The molecule has 1 aromatic heterocycles. The van der Waals surface area contributed by atoms with Crippen LogP contribution < -0.4 is 11.1 Å². The number of aromatic nitrogens is 2. The molecule has 0 radical (unpaired) electrons. The number of nitrogens with one attached hydrogen (secondary N) is 1. The van der Waals surface area contributed by atoms with Crippen molar-refractivity contribution in [3.63, 3.8) is 0 Å². The van der Waals surface area contributed by atoms with E-state index in [0.717, 1.165) is 4.68 Å². The maximum absolute atomic E-state index is 12.5. The number of carbonyl (C=O) groups excluding carboxylic acids is 2. The van der Waals surface area contributed by atoms with Gasteiger partial charge in [0.15, 0.2) is 0 Å². The van der Waals surface area contributed by atoms with Crippen molar-refractivity contribution in [3.8, 4) is 0 Å². The molecular weight excluding hydrogens is 374 g/mol. The Morgan fingerprint density at radius 1 is 1.00 bits per heavy atom. The second kappa shape index (κ2) is 8.55. The highest BCUT2D eigenvalue weighted by Gasteiger charge is 2.26. The largest absolute Gasteiger partial charge is 0.447 e. The van der Waals surface area contributed by atoms with Crippen LogP contribution in [0.3, 0.4) is 0 Å². The molecule has 150 valence electrons. The number of H-pyrrole nitrogens is 1. The molecule has 1 amide bonds. The Hall–Kier alpha value is -3.68. The smallest absolute Gasteiger partial charge is 0.308 e. The summed E-state index contributed by atoms with van der Waals surface area (Å²) in [5.41, 5.74) is -0.272. The number of rotatable bonds is 6. The maximum Gasteiger partial charge on any atom is 0.308 e. The first kappa shape index (κ1) is 20.1. The standard InChI is InChI=1S/C21H21N3O5/c1-23(2)21(28)18(14-8-4-3-5-9-14)29-17(25)12-13-24-20(27)16-11-7-6-10-15(16)19(26)22-24/h3-11,18H,12-13H2,1-2H3,(H,22,26)/t18-/m1/s1. The summed E-state index contributed by atoms with van der Waals surface area (Å²) in [6.07, 6.45) is -1.26. The van der Waals surface area contributed by atoms with Crippen LogP contribution in [0.5, 0.6) is 0 Å². The van der Waals surface area contributed by atoms with Crippen molar-refractivity contribution < 1.29 is 14.3 Å². The zero-order valence-electron chi connectivity index (χ0n) is 16.1. The minimum atomic E-state index is -1.08. The van der Waals surface area contributed by atoms with E-state index in [-0.39, 0.29) is 29.6 Å². The van der Waals surface area contributed by atoms with Gasteiger partial charge in [0.1, 0.15) is 0 Å². The normalized spacial score (nSPS) is 11.8. The van der Waals surface area contributed by atoms with Crippen molar-refractivity contribution >= 4 is 22.6 Å². The molecular formula is C21H21N3O5. The summed E-state index contributed by atoms with van der Waals surface area (Å²) in [7, 11) is 3.15. The fourth-order valence-corrected chi connectivity index (χ4v) is 2.92. The summed E-state index contributed by atoms with van der Waals surface area (Å²) in [5.74, 6) is -1.03. The van der Waals surface area contributed by atoms with Gasteiger partial charge in [-0.15, -0.1) is 0 Å². The Morgan fingerprint density at radius 3 is 2.28 bits per heavy atom. The van der Waals surface area contributed by atoms with Crippen LogP contribution >= 0.6 is 0 Å². The number of ether oxygens (including phenoxy) is 1. The van der Waals surface area contributed by atoms with Crippen molar-refractivity contribution in [1.29, 1.82) is 0 Å². The number of nitrogens with zero attached hydrogens (tertiary/aromatic N) is 2. The molecule has 0 saturated heterocycles. The Kier molecular flexibility index (Phi) is 5.92. The number of likely N-dealkylation sites (N-methyl/N-ethyl adjacent to an activating group) is 1. The first-order valence-electron chi connectivity index (χ1n) is 9.06. The van der Waals surface area contributed by atoms with Crippen LogP contribution in [-0.2, 0) is 20.9 Å². The Labute approximate surface area is 166 Å². The molecule has 1 heterocycles. The molecule has 0 spiro atoms. The van der Waals surface area contributed by atoms with Gasteiger partial charge in [-0.3, -0.25) is 24.3 Å². The van der Waals surface area contributed by atoms with Crippen molar-refractivity contribution in [3.05, 3.63) is 80.9 Å².